The standard InChI is InChI=1S/C16H16F2N4O2.C13H14FN3O2/c1-10-11(5-22-6-12(4-19-22)14(23)24)2-3-13(20-10)21-8-15(9-21)7-16(15,17)18;1-3-19-13(18)11-6-15-17(8-11)7-10-4-5-12(14)16-9(10)2/h2-4,6H,5,7-9H2,1H3,(H,23,24);4-6,8H,3,7H2,1-2H3. The first kappa shape index (κ1) is 29.7. The fourth-order valence-electron chi connectivity index (χ4n) is 4.90. The zero-order valence-corrected chi connectivity index (χ0v) is 23.8. The van der Waals surface area contributed by atoms with Crippen LogP contribution in [-0.2, 0) is 17.8 Å². The number of carboxylic acids is 1. The monoisotopic (exact) mass is 597 g/mol. The van der Waals surface area contributed by atoms with Crippen molar-refractivity contribution >= 4 is 17.8 Å². The molecule has 2 aliphatic rings. The van der Waals surface area contributed by atoms with E-state index >= 15 is 0 Å². The van der Waals surface area contributed by atoms with Crippen LogP contribution in [-0.4, -0.2) is 72.2 Å². The second-order valence-electron chi connectivity index (χ2n) is 10.7. The fraction of sp³-hybridized carbons (Fsp3) is 0.379. The van der Waals surface area contributed by atoms with Crippen LogP contribution in [0.4, 0.5) is 19.0 Å². The van der Waals surface area contributed by atoms with E-state index in [2.05, 4.69) is 20.2 Å². The highest BCUT2D eigenvalue weighted by Gasteiger charge is 2.76. The summed E-state index contributed by atoms with van der Waals surface area (Å²) >= 11 is 0. The molecule has 1 N–H and O–H groups in total. The maximum absolute atomic E-state index is 13.3. The maximum Gasteiger partial charge on any atom is 0.341 e. The molecule has 4 aromatic heterocycles. The van der Waals surface area contributed by atoms with Crippen LogP contribution in [0.2, 0.25) is 0 Å². The van der Waals surface area contributed by atoms with Gasteiger partial charge in [0, 0.05) is 43.3 Å². The molecule has 14 heteroatoms. The first-order valence-electron chi connectivity index (χ1n) is 13.6. The number of hydrogen-bond donors (Lipinski definition) is 1. The van der Waals surface area contributed by atoms with Gasteiger partial charge in [0.1, 0.15) is 5.82 Å². The van der Waals surface area contributed by atoms with Crippen molar-refractivity contribution in [3.05, 3.63) is 88.6 Å². The lowest BCUT2D eigenvalue weighted by molar-refractivity contribution is 0.0514. The Kier molecular flexibility index (Phi) is 7.95. The quantitative estimate of drug-likeness (QED) is 0.236. The highest BCUT2D eigenvalue weighted by Crippen LogP contribution is 2.65. The molecule has 0 atom stereocenters. The van der Waals surface area contributed by atoms with Crippen LogP contribution in [0, 0.1) is 25.2 Å². The topological polar surface area (TPSA) is 128 Å². The Morgan fingerprint density at radius 2 is 1.49 bits per heavy atom. The summed E-state index contributed by atoms with van der Waals surface area (Å²) in [4.78, 5) is 32.5. The minimum atomic E-state index is -2.51. The third kappa shape index (κ3) is 6.37. The van der Waals surface area contributed by atoms with E-state index in [1.54, 1.807) is 30.8 Å². The molecule has 1 spiro atoms. The van der Waals surface area contributed by atoms with Gasteiger partial charge in [-0.2, -0.15) is 14.6 Å². The Morgan fingerprint density at radius 1 is 0.930 bits per heavy atom. The lowest BCUT2D eigenvalue weighted by atomic mass is 9.96. The Hall–Kier alpha value is -4.75. The number of carbonyl (C=O) groups excluding carboxylic acids is 1. The number of alkyl halides is 2. The van der Waals surface area contributed by atoms with E-state index in [1.807, 2.05) is 24.0 Å². The van der Waals surface area contributed by atoms with E-state index in [0.29, 0.717) is 49.9 Å². The molecule has 0 aromatic carbocycles. The summed E-state index contributed by atoms with van der Waals surface area (Å²) in [6, 6.07) is 6.66. The van der Waals surface area contributed by atoms with E-state index in [1.165, 1.54) is 29.3 Å². The summed E-state index contributed by atoms with van der Waals surface area (Å²) in [6.07, 6.45) is 5.79. The van der Waals surface area contributed by atoms with Gasteiger partial charge in [-0.1, -0.05) is 12.1 Å². The molecule has 5 heterocycles. The van der Waals surface area contributed by atoms with Crippen LogP contribution in [0.15, 0.2) is 49.1 Å². The van der Waals surface area contributed by atoms with Crippen LogP contribution in [0.1, 0.15) is 56.6 Å². The van der Waals surface area contributed by atoms with Gasteiger partial charge in [-0.3, -0.25) is 9.36 Å². The van der Waals surface area contributed by atoms with E-state index in [4.69, 9.17) is 9.84 Å². The molecule has 6 rings (SSSR count). The average molecular weight is 598 g/mol. The third-order valence-corrected chi connectivity index (χ3v) is 7.55. The van der Waals surface area contributed by atoms with Crippen molar-refractivity contribution in [2.24, 2.45) is 5.41 Å². The van der Waals surface area contributed by atoms with Crippen molar-refractivity contribution in [1.29, 1.82) is 0 Å². The molecule has 4 aromatic rings. The van der Waals surface area contributed by atoms with Crippen LogP contribution in [0.3, 0.4) is 0 Å². The Morgan fingerprint density at radius 3 is 2.00 bits per heavy atom. The van der Waals surface area contributed by atoms with Gasteiger partial charge in [-0.05, 0) is 44.0 Å². The van der Waals surface area contributed by atoms with Crippen molar-refractivity contribution in [2.45, 2.75) is 46.2 Å². The molecule has 43 heavy (non-hydrogen) atoms. The lowest BCUT2D eigenvalue weighted by Crippen LogP contribution is -2.51. The molecule has 0 amide bonds. The number of aromatic carboxylic acids is 1. The summed E-state index contributed by atoms with van der Waals surface area (Å²) in [5, 5.41) is 17.0. The molecule has 0 bridgehead atoms. The molecule has 1 saturated heterocycles. The number of ether oxygens (including phenoxy) is 1. The normalized spacial score (nSPS) is 15.8. The highest BCUT2D eigenvalue weighted by molar-refractivity contribution is 5.88. The van der Waals surface area contributed by atoms with Crippen molar-refractivity contribution < 1.29 is 32.6 Å². The molecule has 2 fully saturated rings. The first-order chi connectivity index (χ1) is 20.4. The Balaban J connectivity index is 0.000000177. The Bertz CT molecular complexity index is 1660. The van der Waals surface area contributed by atoms with E-state index in [9.17, 15) is 22.8 Å². The predicted molar refractivity (Wildman–Crippen MR) is 148 cm³/mol. The summed E-state index contributed by atoms with van der Waals surface area (Å²) in [5.41, 5.74) is 2.86. The molecule has 1 saturated carbocycles. The molecule has 1 aliphatic heterocycles. The summed E-state index contributed by atoms with van der Waals surface area (Å²) in [6.45, 7) is 7.20. The van der Waals surface area contributed by atoms with E-state index < -0.39 is 29.2 Å². The van der Waals surface area contributed by atoms with Gasteiger partial charge >= 0.3 is 11.9 Å². The minimum absolute atomic E-state index is 0.0151. The number of hydrogen-bond acceptors (Lipinski definition) is 8. The number of anilines is 1. The largest absolute Gasteiger partial charge is 0.478 e. The zero-order valence-electron chi connectivity index (χ0n) is 23.8. The molecule has 11 nitrogen and oxygen atoms in total. The van der Waals surface area contributed by atoms with Crippen LogP contribution < -0.4 is 4.90 Å². The maximum atomic E-state index is 13.3. The van der Waals surface area contributed by atoms with Crippen LogP contribution in [0.25, 0.3) is 0 Å². The SMILES string of the molecule is CCOC(=O)c1cnn(Cc2ccc(F)nc2C)c1.Cc1nc(N2CC3(C2)CC3(F)F)ccc1Cn1cc(C(=O)O)cn1. The van der Waals surface area contributed by atoms with Gasteiger partial charge in [0.05, 0.1) is 48.6 Å². The average Bonchev–Trinajstić information content (AvgIpc) is 3.29. The second-order valence-corrected chi connectivity index (χ2v) is 10.7. The van der Waals surface area contributed by atoms with Crippen LogP contribution >= 0.6 is 0 Å². The number of halogens is 3. The number of carboxylic acid groups (broad SMARTS) is 1. The molecule has 1 aliphatic carbocycles. The number of nitrogens with zero attached hydrogens (tertiary/aromatic N) is 7. The predicted octanol–water partition coefficient (Wildman–Crippen LogP) is 4.13. The molecular weight excluding hydrogens is 567 g/mol. The number of aryl methyl sites for hydroxylation is 2. The number of aromatic nitrogens is 6. The van der Waals surface area contributed by atoms with Gasteiger partial charge in [-0.25, -0.2) is 28.3 Å². The highest BCUT2D eigenvalue weighted by atomic mass is 19.3. The van der Waals surface area contributed by atoms with Gasteiger partial charge < -0.3 is 14.7 Å². The molecule has 226 valence electrons. The van der Waals surface area contributed by atoms with Crippen LogP contribution in [0.5, 0.6) is 0 Å². The second kappa shape index (κ2) is 11.5. The molecular formula is C29H30F3N7O4. The molecule has 0 unspecified atom stereocenters. The van der Waals surface area contributed by atoms with Gasteiger partial charge in [-0.15, -0.1) is 0 Å². The number of esters is 1. The fourth-order valence-corrected chi connectivity index (χ4v) is 4.90. The summed E-state index contributed by atoms with van der Waals surface area (Å²) in [5.74, 6) is -3.73. The number of rotatable bonds is 8. The zero-order chi connectivity index (χ0) is 30.9. The summed E-state index contributed by atoms with van der Waals surface area (Å²) < 4.78 is 47.4. The van der Waals surface area contributed by atoms with Crippen molar-refractivity contribution in [1.82, 2.24) is 29.5 Å². The van der Waals surface area contributed by atoms with E-state index in [0.717, 1.165) is 16.8 Å². The summed E-state index contributed by atoms with van der Waals surface area (Å²) in [7, 11) is 0. The first-order valence-corrected chi connectivity index (χ1v) is 13.6. The van der Waals surface area contributed by atoms with E-state index in [-0.39, 0.29) is 12.0 Å². The lowest BCUT2D eigenvalue weighted by Gasteiger charge is -2.41. The number of carbonyl (C=O) groups is 2. The number of pyridine rings is 2. The Labute approximate surface area is 244 Å². The van der Waals surface area contributed by atoms with Crippen molar-refractivity contribution in [2.75, 3.05) is 24.6 Å². The third-order valence-electron chi connectivity index (χ3n) is 7.55. The van der Waals surface area contributed by atoms with Crippen molar-refractivity contribution in [3.8, 4) is 0 Å². The van der Waals surface area contributed by atoms with Gasteiger partial charge in [0.25, 0.3) is 5.92 Å². The van der Waals surface area contributed by atoms with Gasteiger partial charge in [0.15, 0.2) is 0 Å². The van der Waals surface area contributed by atoms with Gasteiger partial charge in [0.2, 0.25) is 5.95 Å². The van der Waals surface area contributed by atoms with Crippen molar-refractivity contribution in [3.63, 3.8) is 0 Å². The minimum Gasteiger partial charge on any atom is -0.478 e. The molecule has 0 radical (unpaired) electrons. The smallest absolute Gasteiger partial charge is 0.341 e.